The minimum Gasteiger partial charge on any atom is -0.378 e. The minimum atomic E-state index is -0.898. The summed E-state index contributed by atoms with van der Waals surface area (Å²) in [5.41, 5.74) is 0. The van der Waals surface area contributed by atoms with Crippen LogP contribution in [0.3, 0.4) is 0 Å². The first-order valence-corrected chi connectivity index (χ1v) is 5.19. The van der Waals surface area contributed by atoms with Crippen LogP contribution in [0.2, 0.25) is 0 Å². The third kappa shape index (κ3) is 2.03. The molecule has 2 unspecified atom stereocenters. The first-order valence-electron chi connectivity index (χ1n) is 5.19. The molecular weight excluding hydrogens is 200 g/mol. The van der Waals surface area contributed by atoms with Gasteiger partial charge in [-0.2, -0.15) is 0 Å². The van der Waals surface area contributed by atoms with E-state index in [0.29, 0.717) is 6.61 Å². The van der Waals surface area contributed by atoms with Crippen molar-refractivity contribution in [2.45, 2.75) is 37.6 Å². The molecule has 2 saturated heterocycles. The molecule has 6 atom stereocenters. The second-order valence-electron chi connectivity index (χ2n) is 4.08. The van der Waals surface area contributed by atoms with Gasteiger partial charge in [0.2, 0.25) is 0 Å². The summed E-state index contributed by atoms with van der Waals surface area (Å²) in [6, 6.07) is 0. The zero-order valence-corrected chi connectivity index (χ0v) is 9.25. The highest BCUT2D eigenvalue weighted by atomic mass is 16.7. The smallest absolute Gasteiger partial charge is 0.181 e. The average Bonchev–Trinajstić information content (AvgIpc) is 3.00. The molecule has 0 bridgehead atoms. The van der Waals surface area contributed by atoms with E-state index in [2.05, 4.69) is 0 Å². The lowest BCUT2D eigenvalue weighted by Gasteiger charge is -2.42. The molecule has 2 aliphatic heterocycles. The van der Waals surface area contributed by atoms with Crippen molar-refractivity contribution in [2.24, 2.45) is 5.92 Å². The van der Waals surface area contributed by atoms with E-state index < -0.39 is 6.29 Å². The normalized spacial score (nSPS) is 50.4. The average molecular weight is 218 g/mol. The van der Waals surface area contributed by atoms with E-state index in [1.807, 2.05) is 6.92 Å². The number of rotatable bonds is 3. The molecule has 0 radical (unpaired) electrons. The summed E-state index contributed by atoms with van der Waals surface area (Å²) in [5.74, 6) is 0.0405. The van der Waals surface area contributed by atoms with E-state index in [4.69, 9.17) is 18.9 Å². The molecule has 2 fully saturated rings. The highest BCUT2D eigenvalue weighted by Gasteiger charge is 2.51. The summed E-state index contributed by atoms with van der Waals surface area (Å²) in [6.45, 7) is 2.60. The summed E-state index contributed by atoms with van der Waals surface area (Å²) in [7, 11) is 3.21. The van der Waals surface area contributed by atoms with Crippen LogP contribution in [0.25, 0.3) is 0 Å². The van der Waals surface area contributed by atoms with E-state index in [0.717, 1.165) is 0 Å². The lowest BCUT2D eigenvalue weighted by atomic mass is 9.86. The number of epoxide rings is 1. The first-order chi connectivity index (χ1) is 7.19. The quantitative estimate of drug-likeness (QED) is 0.663. The van der Waals surface area contributed by atoms with Gasteiger partial charge >= 0.3 is 0 Å². The van der Waals surface area contributed by atoms with Gasteiger partial charge in [-0.15, -0.1) is 0 Å². The molecule has 0 aromatic rings. The number of aliphatic hydroxyl groups excluding tert-OH is 1. The number of hydrogen-bond acceptors (Lipinski definition) is 5. The molecule has 0 aromatic carbocycles. The summed E-state index contributed by atoms with van der Waals surface area (Å²) in [6.07, 6.45) is -1.39. The Balaban J connectivity index is 2.15. The van der Waals surface area contributed by atoms with E-state index in [-0.39, 0.29) is 30.3 Å². The van der Waals surface area contributed by atoms with Gasteiger partial charge in [-0.1, -0.05) is 0 Å². The minimum absolute atomic E-state index is 0.0405. The molecule has 0 aromatic heterocycles. The van der Waals surface area contributed by atoms with Crippen molar-refractivity contribution < 1.29 is 24.1 Å². The molecule has 5 nitrogen and oxygen atoms in total. The van der Waals surface area contributed by atoms with Gasteiger partial charge in [0.25, 0.3) is 0 Å². The van der Waals surface area contributed by atoms with Gasteiger partial charge in [0.05, 0.1) is 24.9 Å². The topological polar surface area (TPSA) is 60.5 Å². The summed E-state index contributed by atoms with van der Waals surface area (Å²) in [4.78, 5) is 0. The van der Waals surface area contributed by atoms with Gasteiger partial charge in [-0.05, 0) is 6.92 Å². The van der Waals surface area contributed by atoms with E-state index in [9.17, 15) is 5.11 Å². The zero-order chi connectivity index (χ0) is 11.0. The van der Waals surface area contributed by atoms with Gasteiger partial charge in [-0.3, -0.25) is 0 Å². The van der Waals surface area contributed by atoms with Crippen molar-refractivity contribution in [3.05, 3.63) is 0 Å². The van der Waals surface area contributed by atoms with Crippen LogP contribution in [0, 0.1) is 5.92 Å². The molecular formula is C10H18O5. The third-order valence-corrected chi connectivity index (χ3v) is 3.19. The highest BCUT2D eigenvalue weighted by Crippen LogP contribution is 2.36. The Hall–Kier alpha value is -0.200. The van der Waals surface area contributed by atoms with Gasteiger partial charge in [-0.25, -0.2) is 0 Å². The zero-order valence-electron chi connectivity index (χ0n) is 9.25. The Kier molecular flexibility index (Phi) is 3.27. The molecule has 2 rings (SSSR count). The van der Waals surface area contributed by atoms with Crippen LogP contribution in [-0.4, -0.2) is 56.6 Å². The first kappa shape index (κ1) is 11.3. The summed E-state index contributed by atoms with van der Waals surface area (Å²) >= 11 is 0. The molecule has 2 heterocycles. The molecule has 5 heteroatoms. The van der Waals surface area contributed by atoms with Crippen LogP contribution in [0.5, 0.6) is 0 Å². The predicted octanol–water partition coefficient (Wildman–Crippen LogP) is -0.232. The van der Waals surface area contributed by atoms with E-state index >= 15 is 0 Å². The molecule has 1 N–H and O–H groups in total. The maximum atomic E-state index is 9.74. The molecule has 0 saturated carbocycles. The maximum Gasteiger partial charge on any atom is 0.181 e. The number of methoxy groups -OCH3 is 2. The Morgan fingerprint density at radius 2 is 1.80 bits per heavy atom. The fraction of sp³-hybridized carbons (Fsp3) is 1.00. The van der Waals surface area contributed by atoms with Gasteiger partial charge in [0.15, 0.2) is 6.29 Å². The third-order valence-electron chi connectivity index (χ3n) is 3.19. The van der Waals surface area contributed by atoms with Gasteiger partial charge in [0.1, 0.15) is 6.10 Å². The van der Waals surface area contributed by atoms with Crippen molar-refractivity contribution >= 4 is 0 Å². The number of aliphatic hydroxyl groups is 1. The van der Waals surface area contributed by atoms with Crippen molar-refractivity contribution in [1.82, 2.24) is 0 Å². The monoisotopic (exact) mass is 218 g/mol. The largest absolute Gasteiger partial charge is 0.378 e. The second-order valence-corrected chi connectivity index (χ2v) is 4.08. The Bertz CT molecular complexity index is 202. The van der Waals surface area contributed by atoms with Crippen molar-refractivity contribution in [1.29, 1.82) is 0 Å². The van der Waals surface area contributed by atoms with Crippen LogP contribution < -0.4 is 0 Å². The SMILES string of the molecule is CO[C@@H]1[C@@H](C2CO2)[C@@H](OC)C(O)O[C@H]1C. The molecule has 88 valence electrons. The number of ether oxygens (including phenoxy) is 4. The molecule has 0 aliphatic carbocycles. The standard InChI is InChI=1S/C10H18O5/c1-5-8(12-2)7(6-4-14-6)9(13-3)10(11)15-5/h5-11H,4H2,1-3H3/t5-,6?,7+,8-,9+,10?/m0/s1. The lowest BCUT2D eigenvalue weighted by molar-refractivity contribution is -0.276. The Labute approximate surface area is 89.3 Å². The molecule has 2 aliphatic rings. The number of hydrogen-bond donors (Lipinski definition) is 1. The van der Waals surface area contributed by atoms with Crippen LogP contribution in [-0.2, 0) is 18.9 Å². The van der Waals surface area contributed by atoms with Gasteiger partial charge in [0, 0.05) is 20.1 Å². The maximum absolute atomic E-state index is 9.74. The van der Waals surface area contributed by atoms with Gasteiger partial charge < -0.3 is 24.1 Å². The van der Waals surface area contributed by atoms with Crippen LogP contribution >= 0.6 is 0 Å². The summed E-state index contributed by atoms with van der Waals surface area (Å²) in [5, 5.41) is 9.74. The Morgan fingerprint density at radius 3 is 2.27 bits per heavy atom. The predicted molar refractivity (Wildman–Crippen MR) is 51.4 cm³/mol. The van der Waals surface area contributed by atoms with Crippen LogP contribution in [0.1, 0.15) is 6.92 Å². The summed E-state index contributed by atoms with van der Waals surface area (Å²) < 4.78 is 21.3. The van der Waals surface area contributed by atoms with Crippen molar-refractivity contribution in [3.63, 3.8) is 0 Å². The lowest BCUT2D eigenvalue weighted by Crippen LogP contribution is -2.56. The molecule has 0 amide bonds. The highest BCUT2D eigenvalue weighted by molar-refractivity contribution is 4.96. The molecule has 0 spiro atoms. The molecule has 15 heavy (non-hydrogen) atoms. The van der Waals surface area contributed by atoms with Crippen LogP contribution in [0.4, 0.5) is 0 Å². The van der Waals surface area contributed by atoms with E-state index in [1.54, 1.807) is 14.2 Å². The second kappa shape index (κ2) is 4.35. The fourth-order valence-electron chi connectivity index (χ4n) is 2.39. The van der Waals surface area contributed by atoms with Crippen LogP contribution in [0.15, 0.2) is 0 Å². The van der Waals surface area contributed by atoms with Crippen molar-refractivity contribution in [2.75, 3.05) is 20.8 Å². The van der Waals surface area contributed by atoms with E-state index in [1.165, 1.54) is 0 Å². The fourth-order valence-corrected chi connectivity index (χ4v) is 2.39. The Morgan fingerprint density at radius 1 is 1.20 bits per heavy atom. The van der Waals surface area contributed by atoms with Crippen molar-refractivity contribution in [3.8, 4) is 0 Å².